The Morgan fingerprint density at radius 3 is 2.17 bits per heavy atom. The third-order valence-electron chi connectivity index (χ3n) is 10.1. The molecule has 1 aromatic heterocycles. The van der Waals surface area contributed by atoms with E-state index in [4.69, 9.17) is 18.0 Å². The number of aryl methyl sites for hydroxylation is 1. The predicted molar refractivity (Wildman–Crippen MR) is 185 cm³/mol. The molecule has 3 aromatic rings. The van der Waals surface area contributed by atoms with Gasteiger partial charge in [0.2, 0.25) is 17.7 Å². The van der Waals surface area contributed by atoms with Gasteiger partial charge in [0.05, 0.1) is 27.5 Å². The number of amides is 3. The van der Waals surface area contributed by atoms with E-state index in [1.165, 1.54) is 6.07 Å². The summed E-state index contributed by atoms with van der Waals surface area (Å²) < 4.78 is 41.9. The molecule has 2 aromatic carbocycles. The van der Waals surface area contributed by atoms with Gasteiger partial charge in [-0.3, -0.25) is 14.4 Å². The molecule has 0 fully saturated rings. The van der Waals surface area contributed by atoms with E-state index < -0.39 is 46.6 Å². The molecule has 2 unspecified atom stereocenters. The highest BCUT2D eigenvalue weighted by Gasteiger charge is 2.47. The number of nitrogens with one attached hydrogen (secondary N) is 4. The number of alkyl halides is 3. The molecule has 5 atom stereocenters. The van der Waals surface area contributed by atoms with Crippen LogP contribution >= 0.6 is 12.2 Å². The van der Waals surface area contributed by atoms with Crippen molar-refractivity contribution in [1.29, 1.82) is 0 Å². The fourth-order valence-corrected chi connectivity index (χ4v) is 6.69. The molecule has 8 nitrogen and oxygen atoms in total. The summed E-state index contributed by atoms with van der Waals surface area (Å²) >= 11 is 5.30. The number of thiocarbonyl (C=S) groups is 1. The molecule has 0 saturated heterocycles. The highest BCUT2D eigenvalue weighted by Crippen LogP contribution is 2.40. The lowest BCUT2D eigenvalue weighted by molar-refractivity contribution is -0.138. The fourth-order valence-electron chi connectivity index (χ4n) is 6.40. The lowest BCUT2D eigenvalue weighted by Crippen LogP contribution is -2.67. The third kappa shape index (κ3) is 7.38. The van der Waals surface area contributed by atoms with Crippen LogP contribution in [-0.2, 0) is 38.8 Å². The zero-order valence-electron chi connectivity index (χ0n) is 28.3. The van der Waals surface area contributed by atoms with E-state index in [0.717, 1.165) is 11.6 Å². The summed E-state index contributed by atoms with van der Waals surface area (Å²) in [6, 6.07) is 11.5. The lowest BCUT2D eigenvalue weighted by atomic mass is 9.77. The second kappa shape index (κ2) is 14.3. The minimum absolute atomic E-state index is 0.0639. The van der Waals surface area contributed by atoms with Crippen LogP contribution in [0.4, 0.5) is 13.2 Å². The molecular formula is C36H46F3N5O3S. The van der Waals surface area contributed by atoms with Crippen LogP contribution in [0.1, 0.15) is 83.2 Å². The van der Waals surface area contributed by atoms with E-state index in [9.17, 15) is 27.6 Å². The van der Waals surface area contributed by atoms with Crippen molar-refractivity contribution in [3.63, 3.8) is 0 Å². The van der Waals surface area contributed by atoms with Crippen molar-refractivity contribution in [1.82, 2.24) is 20.9 Å². The number of fused-ring (bicyclic) bond motifs is 3. The standard InChI is InChI=1S/C36H46F3N5O3S/c1-7-20(3)27(30(40)48)42-33(47)35(18-17-26-24(19-35)23-15-12-16-25(29(23)41-26)36(37,38)39)44-31(45)28(21(4)8-2)43-32(46)34(5,6)22-13-10-9-11-14-22/h9-16,20-21,27-28,41H,7-8,17-19H2,1-6H3,(H2,40,48)(H,42,47)(H,43,46)(H,44,45)/t20?,21?,27-,28-,35+/m0/s1. The number of H-pyrrole nitrogens is 1. The topological polar surface area (TPSA) is 129 Å². The summed E-state index contributed by atoms with van der Waals surface area (Å²) in [5.74, 6) is -1.90. The lowest BCUT2D eigenvalue weighted by Gasteiger charge is -2.40. The molecule has 12 heteroatoms. The van der Waals surface area contributed by atoms with Crippen molar-refractivity contribution < 1.29 is 27.6 Å². The van der Waals surface area contributed by atoms with Gasteiger partial charge in [-0.25, -0.2) is 0 Å². The van der Waals surface area contributed by atoms with Crippen LogP contribution in [0.5, 0.6) is 0 Å². The smallest absolute Gasteiger partial charge is 0.392 e. The number of aromatic nitrogens is 1. The van der Waals surface area contributed by atoms with Crippen molar-refractivity contribution in [2.45, 2.75) is 103 Å². The number of carbonyl (C=O) groups is 3. The van der Waals surface area contributed by atoms with Gasteiger partial charge in [-0.1, -0.05) is 95.2 Å². The molecule has 4 rings (SSSR count). The van der Waals surface area contributed by atoms with E-state index in [-0.39, 0.29) is 47.5 Å². The number of halogens is 3. The van der Waals surface area contributed by atoms with E-state index in [2.05, 4.69) is 20.9 Å². The van der Waals surface area contributed by atoms with E-state index in [1.54, 1.807) is 19.9 Å². The van der Waals surface area contributed by atoms with Gasteiger partial charge in [0.15, 0.2) is 0 Å². The third-order valence-corrected chi connectivity index (χ3v) is 10.3. The molecule has 1 heterocycles. The maximum atomic E-state index is 14.4. The number of hydrogen-bond donors (Lipinski definition) is 5. The Hall–Kier alpha value is -3.93. The Balaban J connectivity index is 1.76. The van der Waals surface area contributed by atoms with Crippen LogP contribution < -0.4 is 21.7 Å². The van der Waals surface area contributed by atoms with Crippen molar-refractivity contribution >= 4 is 45.8 Å². The SMILES string of the molecule is CCC(C)[C@H](NC(=O)C(C)(C)c1ccccc1)C(=O)N[C@]1(C(=O)N[C@H](C(N)=S)C(C)CC)CCc2[nH]c3c(C(F)(F)F)cccc3c2C1. The monoisotopic (exact) mass is 685 g/mol. The van der Waals surface area contributed by atoms with Crippen molar-refractivity contribution in [3.8, 4) is 0 Å². The summed E-state index contributed by atoms with van der Waals surface area (Å²) in [4.78, 5) is 45.5. The number of benzene rings is 2. The first-order valence-electron chi connectivity index (χ1n) is 16.4. The summed E-state index contributed by atoms with van der Waals surface area (Å²) in [7, 11) is 0. The molecule has 0 spiro atoms. The Bertz CT molecular complexity index is 1670. The molecule has 0 saturated carbocycles. The molecule has 1 aliphatic carbocycles. The van der Waals surface area contributed by atoms with Crippen LogP contribution in [-0.4, -0.2) is 45.3 Å². The van der Waals surface area contributed by atoms with E-state index >= 15 is 0 Å². The quantitative estimate of drug-likeness (QED) is 0.153. The number of para-hydroxylation sites is 1. The number of rotatable bonds is 12. The summed E-state index contributed by atoms with van der Waals surface area (Å²) in [5.41, 5.74) is 4.49. The molecule has 0 radical (unpaired) electrons. The largest absolute Gasteiger partial charge is 0.418 e. The minimum Gasteiger partial charge on any atom is -0.392 e. The van der Waals surface area contributed by atoms with Gasteiger partial charge in [0.25, 0.3) is 0 Å². The number of hydrogen-bond acceptors (Lipinski definition) is 4. The Morgan fingerprint density at radius 2 is 1.58 bits per heavy atom. The Labute approximate surface area is 285 Å². The summed E-state index contributed by atoms with van der Waals surface area (Å²) in [5, 5.41) is 9.24. The van der Waals surface area contributed by atoms with Gasteiger partial charge in [-0.2, -0.15) is 13.2 Å². The zero-order valence-corrected chi connectivity index (χ0v) is 29.1. The number of nitrogens with two attached hydrogens (primary N) is 1. The molecule has 48 heavy (non-hydrogen) atoms. The molecule has 0 aliphatic heterocycles. The zero-order chi connectivity index (χ0) is 35.6. The first-order valence-corrected chi connectivity index (χ1v) is 16.9. The number of carbonyl (C=O) groups excluding carboxylic acids is 3. The highest BCUT2D eigenvalue weighted by molar-refractivity contribution is 7.80. The summed E-state index contributed by atoms with van der Waals surface area (Å²) in [6.45, 7) is 11.1. The molecule has 260 valence electrons. The molecule has 6 N–H and O–H groups in total. The Kier molecular flexibility index (Phi) is 11.0. The minimum atomic E-state index is -4.59. The van der Waals surface area contributed by atoms with Crippen molar-refractivity contribution in [3.05, 3.63) is 70.9 Å². The van der Waals surface area contributed by atoms with Crippen molar-refractivity contribution in [2.75, 3.05) is 0 Å². The average molecular weight is 686 g/mol. The fraction of sp³-hybridized carbons (Fsp3) is 0.500. The van der Waals surface area contributed by atoms with Gasteiger partial charge < -0.3 is 26.7 Å². The normalized spacial score (nSPS) is 19.0. The maximum absolute atomic E-state index is 14.4. The summed E-state index contributed by atoms with van der Waals surface area (Å²) in [6.07, 6.45) is -3.18. The molecular weight excluding hydrogens is 639 g/mol. The van der Waals surface area contributed by atoms with Gasteiger partial charge >= 0.3 is 6.18 Å². The number of aromatic amines is 1. The van der Waals surface area contributed by atoms with Crippen LogP contribution in [0.3, 0.4) is 0 Å². The van der Waals surface area contributed by atoms with Crippen molar-refractivity contribution in [2.24, 2.45) is 17.6 Å². The van der Waals surface area contributed by atoms with E-state index in [1.807, 2.05) is 58.0 Å². The maximum Gasteiger partial charge on any atom is 0.418 e. The molecule has 3 amide bonds. The van der Waals surface area contributed by atoms with Crippen LogP contribution in [0.25, 0.3) is 10.9 Å². The first-order chi connectivity index (χ1) is 22.5. The van der Waals surface area contributed by atoms with Gasteiger partial charge in [0, 0.05) is 17.5 Å². The Morgan fingerprint density at radius 1 is 0.958 bits per heavy atom. The first kappa shape index (κ1) is 36.9. The second-order valence-corrected chi connectivity index (χ2v) is 14.1. The van der Waals surface area contributed by atoms with Gasteiger partial charge in [0.1, 0.15) is 11.6 Å². The van der Waals surface area contributed by atoms with Crippen LogP contribution in [0, 0.1) is 11.8 Å². The molecule has 0 bridgehead atoms. The van der Waals surface area contributed by atoms with Gasteiger partial charge in [-0.15, -0.1) is 0 Å². The van der Waals surface area contributed by atoms with Crippen LogP contribution in [0.15, 0.2) is 48.5 Å². The van der Waals surface area contributed by atoms with E-state index in [0.29, 0.717) is 29.5 Å². The molecule has 1 aliphatic rings. The second-order valence-electron chi connectivity index (χ2n) is 13.6. The predicted octanol–water partition coefficient (Wildman–Crippen LogP) is 5.86. The average Bonchev–Trinajstić information content (AvgIpc) is 3.42. The van der Waals surface area contributed by atoms with Gasteiger partial charge in [-0.05, 0) is 55.7 Å². The van der Waals surface area contributed by atoms with Crippen LogP contribution in [0.2, 0.25) is 0 Å². The highest BCUT2D eigenvalue weighted by atomic mass is 32.1.